The molecule has 0 fully saturated rings. The third-order valence-corrected chi connectivity index (χ3v) is 4.95. The maximum Gasteiger partial charge on any atom is 0.224 e. The maximum atomic E-state index is 12.5. The first kappa shape index (κ1) is 18.9. The highest BCUT2D eigenvalue weighted by Gasteiger charge is 2.15. The van der Waals surface area contributed by atoms with E-state index in [-0.39, 0.29) is 5.91 Å². The number of aryl methyl sites for hydroxylation is 5. The third-order valence-electron chi connectivity index (χ3n) is 4.95. The van der Waals surface area contributed by atoms with Crippen LogP contribution < -0.4 is 5.32 Å². The van der Waals surface area contributed by atoms with Crippen LogP contribution in [0, 0.1) is 34.6 Å². The second kappa shape index (κ2) is 7.78. The molecule has 4 heteroatoms. The molecule has 0 bridgehead atoms. The van der Waals surface area contributed by atoms with E-state index in [0.717, 1.165) is 29.2 Å². The molecule has 0 radical (unpaired) electrons. The first-order chi connectivity index (χ1) is 12.8. The van der Waals surface area contributed by atoms with Gasteiger partial charge in [-0.2, -0.15) is 5.10 Å². The zero-order valence-electron chi connectivity index (χ0n) is 16.8. The summed E-state index contributed by atoms with van der Waals surface area (Å²) in [6.45, 7) is 10.2. The number of anilines is 1. The zero-order chi connectivity index (χ0) is 19.6. The first-order valence-electron chi connectivity index (χ1n) is 9.34. The van der Waals surface area contributed by atoms with Gasteiger partial charge in [0.25, 0.3) is 0 Å². The number of amides is 1. The van der Waals surface area contributed by atoms with Crippen LogP contribution in [0.3, 0.4) is 0 Å². The van der Waals surface area contributed by atoms with Crippen molar-refractivity contribution in [1.82, 2.24) is 9.78 Å². The molecule has 0 atom stereocenters. The monoisotopic (exact) mass is 361 g/mol. The van der Waals surface area contributed by atoms with Gasteiger partial charge in [0.05, 0.1) is 22.8 Å². The molecule has 2 aromatic carbocycles. The van der Waals surface area contributed by atoms with Gasteiger partial charge in [0.1, 0.15) is 0 Å². The van der Waals surface area contributed by atoms with E-state index in [1.807, 2.05) is 30.7 Å². The number of rotatable bonds is 5. The van der Waals surface area contributed by atoms with Crippen molar-refractivity contribution in [2.24, 2.45) is 0 Å². The molecule has 1 N–H and O–H groups in total. The van der Waals surface area contributed by atoms with Crippen molar-refractivity contribution in [2.75, 3.05) is 5.32 Å². The molecule has 140 valence electrons. The summed E-state index contributed by atoms with van der Waals surface area (Å²) in [5.41, 5.74) is 8.49. The van der Waals surface area contributed by atoms with Crippen molar-refractivity contribution in [2.45, 2.75) is 47.5 Å². The highest BCUT2D eigenvalue weighted by Crippen LogP contribution is 2.23. The number of hydrogen-bond acceptors (Lipinski definition) is 2. The minimum Gasteiger partial charge on any atom is -0.323 e. The number of hydrogen-bond donors (Lipinski definition) is 1. The number of benzene rings is 2. The van der Waals surface area contributed by atoms with Crippen LogP contribution in [0.5, 0.6) is 0 Å². The molecule has 4 nitrogen and oxygen atoms in total. The Hall–Kier alpha value is -2.88. The number of nitrogens with one attached hydrogen (secondary N) is 1. The molecule has 0 aliphatic rings. The quantitative estimate of drug-likeness (QED) is 0.696. The van der Waals surface area contributed by atoms with Gasteiger partial charge in [-0.05, 0) is 64.3 Å². The minimum absolute atomic E-state index is 0.0182. The topological polar surface area (TPSA) is 46.9 Å². The van der Waals surface area contributed by atoms with Gasteiger partial charge in [-0.1, -0.05) is 41.5 Å². The van der Waals surface area contributed by atoms with Crippen LogP contribution in [0.1, 0.15) is 40.1 Å². The van der Waals surface area contributed by atoms with E-state index in [9.17, 15) is 4.79 Å². The van der Waals surface area contributed by atoms with Gasteiger partial charge in [-0.3, -0.25) is 4.79 Å². The second-order valence-electron chi connectivity index (χ2n) is 7.27. The van der Waals surface area contributed by atoms with Crippen LogP contribution in [-0.4, -0.2) is 15.7 Å². The van der Waals surface area contributed by atoms with E-state index in [2.05, 4.69) is 61.5 Å². The average molecular weight is 361 g/mol. The number of nitrogens with zero attached hydrogens (tertiary/aromatic N) is 2. The van der Waals surface area contributed by atoms with Crippen LogP contribution >= 0.6 is 0 Å². The molecule has 0 saturated carbocycles. The van der Waals surface area contributed by atoms with Crippen LogP contribution in [0.4, 0.5) is 5.69 Å². The van der Waals surface area contributed by atoms with Crippen molar-refractivity contribution in [3.05, 3.63) is 76.1 Å². The Morgan fingerprint density at radius 3 is 2.30 bits per heavy atom. The summed E-state index contributed by atoms with van der Waals surface area (Å²) < 4.78 is 1.88. The SMILES string of the molecule is Cc1ccc(-n2nc(C)c(NC(=O)CCc3ccc(C)cc3C)c2C)cc1. The summed E-state index contributed by atoms with van der Waals surface area (Å²) >= 11 is 0. The summed E-state index contributed by atoms with van der Waals surface area (Å²) in [6.07, 6.45) is 1.20. The predicted octanol–water partition coefficient (Wildman–Crippen LogP) is 4.99. The molecular weight excluding hydrogens is 334 g/mol. The van der Waals surface area contributed by atoms with E-state index in [1.165, 1.54) is 22.3 Å². The molecule has 1 heterocycles. The lowest BCUT2D eigenvalue weighted by Gasteiger charge is -2.09. The van der Waals surface area contributed by atoms with Crippen molar-refractivity contribution in [1.29, 1.82) is 0 Å². The van der Waals surface area contributed by atoms with Crippen LogP contribution in [0.25, 0.3) is 5.69 Å². The molecule has 3 aromatic rings. The molecular formula is C23H27N3O. The maximum absolute atomic E-state index is 12.5. The van der Waals surface area contributed by atoms with Crippen molar-refractivity contribution in [3.63, 3.8) is 0 Å². The van der Waals surface area contributed by atoms with Crippen LogP contribution in [0.2, 0.25) is 0 Å². The number of carbonyl (C=O) groups excluding carboxylic acids is 1. The van der Waals surface area contributed by atoms with Gasteiger partial charge in [0.15, 0.2) is 0 Å². The fourth-order valence-corrected chi connectivity index (χ4v) is 3.34. The van der Waals surface area contributed by atoms with Gasteiger partial charge in [-0.15, -0.1) is 0 Å². The lowest BCUT2D eigenvalue weighted by molar-refractivity contribution is -0.116. The first-order valence-corrected chi connectivity index (χ1v) is 9.34. The summed E-state index contributed by atoms with van der Waals surface area (Å²) in [5, 5.41) is 7.67. The Kier molecular flexibility index (Phi) is 5.45. The van der Waals surface area contributed by atoms with Crippen LogP contribution in [-0.2, 0) is 11.2 Å². The Balaban J connectivity index is 1.71. The smallest absolute Gasteiger partial charge is 0.224 e. The van der Waals surface area contributed by atoms with Gasteiger partial charge in [-0.25, -0.2) is 4.68 Å². The largest absolute Gasteiger partial charge is 0.323 e. The molecule has 27 heavy (non-hydrogen) atoms. The lowest BCUT2D eigenvalue weighted by atomic mass is 10.0. The lowest BCUT2D eigenvalue weighted by Crippen LogP contribution is -2.14. The van der Waals surface area contributed by atoms with Gasteiger partial charge < -0.3 is 5.32 Å². The minimum atomic E-state index is 0.0182. The summed E-state index contributed by atoms with van der Waals surface area (Å²) in [6, 6.07) is 14.6. The van der Waals surface area contributed by atoms with Gasteiger partial charge >= 0.3 is 0 Å². The zero-order valence-corrected chi connectivity index (χ0v) is 16.8. The number of aromatic nitrogens is 2. The Morgan fingerprint density at radius 1 is 0.963 bits per heavy atom. The fraction of sp³-hybridized carbons (Fsp3) is 0.304. The summed E-state index contributed by atoms with van der Waals surface area (Å²) in [7, 11) is 0. The number of carbonyl (C=O) groups is 1. The second-order valence-corrected chi connectivity index (χ2v) is 7.27. The van der Waals surface area contributed by atoms with Crippen molar-refractivity contribution < 1.29 is 4.79 Å². The van der Waals surface area contributed by atoms with Gasteiger partial charge in [0.2, 0.25) is 5.91 Å². The predicted molar refractivity (Wildman–Crippen MR) is 111 cm³/mol. The Morgan fingerprint density at radius 2 is 1.63 bits per heavy atom. The van der Waals surface area contributed by atoms with E-state index in [1.54, 1.807) is 0 Å². The van der Waals surface area contributed by atoms with E-state index in [4.69, 9.17) is 0 Å². The highest BCUT2D eigenvalue weighted by atomic mass is 16.1. The van der Waals surface area contributed by atoms with E-state index < -0.39 is 0 Å². The molecule has 1 amide bonds. The summed E-state index contributed by atoms with van der Waals surface area (Å²) in [5.74, 6) is 0.0182. The molecule has 3 rings (SSSR count). The third kappa shape index (κ3) is 4.27. The van der Waals surface area contributed by atoms with Gasteiger partial charge in [0, 0.05) is 6.42 Å². The standard InChI is InChI=1S/C23H27N3O/c1-15-7-11-21(12-8-15)26-19(5)23(18(4)25-26)24-22(27)13-10-20-9-6-16(2)14-17(20)3/h6-9,11-12,14H,10,13H2,1-5H3,(H,24,27). The Bertz CT molecular complexity index is 968. The molecule has 1 aromatic heterocycles. The van der Waals surface area contributed by atoms with Crippen molar-refractivity contribution in [3.8, 4) is 5.69 Å². The highest BCUT2D eigenvalue weighted by molar-refractivity contribution is 5.92. The normalized spacial score (nSPS) is 10.9. The summed E-state index contributed by atoms with van der Waals surface area (Å²) in [4.78, 5) is 12.5. The van der Waals surface area contributed by atoms with E-state index in [0.29, 0.717) is 6.42 Å². The average Bonchev–Trinajstić information content (AvgIpc) is 2.90. The molecule has 0 aliphatic heterocycles. The Labute approximate surface area is 161 Å². The molecule has 0 spiro atoms. The molecule has 0 saturated heterocycles. The fourth-order valence-electron chi connectivity index (χ4n) is 3.34. The van der Waals surface area contributed by atoms with Crippen molar-refractivity contribution >= 4 is 11.6 Å². The molecule has 0 aliphatic carbocycles. The van der Waals surface area contributed by atoms with Crippen LogP contribution in [0.15, 0.2) is 42.5 Å². The molecule has 0 unspecified atom stereocenters. The van der Waals surface area contributed by atoms with E-state index >= 15 is 0 Å².